The summed E-state index contributed by atoms with van der Waals surface area (Å²) in [6.07, 6.45) is -3.37. The second-order valence-corrected chi connectivity index (χ2v) is 5.77. The van der Waals surface area contributed by atoms with E-state index in [0.29, 0.717) is 24.6 Å². The lowest BCUT2D eigenvalue weighted by atomic mass is 10.1. The molecule has 142 valence electrons. The minimum Gasteiger partial charge on any atom is -0.496 e. The van der Waals surface area contributed by atoms with E-state index < -0.39 is 12.1 Å². The van der Waals surface area contributed by atoms with Gasteiger partial charge in [-0.15, -0.1) is 0 Å². The molecule has 0 aromatic heterocycles. The summed E-state index contributed by atoms with van der Waals surface area (Å²) in [5, 5.41) is 5.91. The van der Waals surface area contributed by atoms with Crippen LogP contribution in [0.5, 0.6) is 11.5 Å². The molecule has 8 heteroatoms. The van der Waals surface area contributed by atoms with Gasteiger partial charge in [0.2, 0.25) is 0 Å². The van der Waals surface area contributed by atoms with E-state index in [2.05, 4.69) is 10.6 Å². The van der Waals surface area contributed by atoms with Crippen LogP contribution in [0.15, 0.2) is 42.5 Å². The normalized spacial score (nSPS) is 13.5. The van der Waals surface area contributed by atoms with Crippen molar-refractivity contribution in [3.8, 4) is 11.5 Å². The fraction of sp³-hybridized carbons (Fsp3) is 0.211. The van der Waals surface area contributed by atoms with Crippen LogP contribution in [0.3, 0.4) is 0 Å². The van der Waals surface area contributed by atoms with Gasteiger partial charge in [-0.25, -0.2) is 0 Å². The Morgan fingerprint density at radius 1 is 1.26 bits per heavy atom. The zero-order chi connectivity index (χ0) is 19.4. The van der Waals surface area contributed by atoms with E-state index >= 15 is 0 Å². The highest BCUT2D eigenvalue weighted by Crippen LogP contribution is 2.31. The molecular weight excluding hydrogens is 361 g/mol. The standard InChI is InChI=1S/C19H17F3N2O3/c1-26-16-10-12(6-7-19(20,21)22)2-4-14(16)18(25)24-13-3-5-15-17(11-13)27-9-8-23-15/h2-7,10-11,23H,8-9H2,1H3,(H,24,25)/b7-6+. The maximum absolute atomic E-state index is 12.5. The van der Waals surface area contributed by atoms with Crippen molar-refractivity contribution in [2.75, 3.05) is 30.9 Å². The number of anilines is 2. The van der Waals surface area contributed by atoms with Crippen molar-refractivity contribution in [2.45, 2.75) is 6.18 Å². The van der Waals surface area contributed by atoms with E-state index in [-0.39, 0.29) is 23.0 Å². The number of hydrogen-bond acceptors (Lipinski definition) is 4. The number of amides is 1. The number of rotatable bonds is 4. The van der Waals surface area contributed by atoms with E-state index in [1.807, 2.05) is 0 Å². The topological polar surface area (TPSA) is 59.6 Å². The van der Waals surface area contributed by atoms with E-state index in [9.17, 15) is 18.0 Å². The molecule has 0 bridgehead atoms. The van der Waals surface area contributed by atoms with E-state index in [1.54, 1.807) is 18.2 Å². The number of methoxy groups -OCH3 is 1. The largest absolute Gasteiger partial charge is 0.496 e. The van der Waals surface area contributed by atoms with Crippen molar-refractivity contribution in [3.63, 3.8) is 0 Å². The molecule has 0 spiro atoms. The lowest BCUT2D eigenvalue weighted by Gasteiger charge is -2.20. The van der Waals surface area contributed by atoms with Crippen LogP contribution in [-0.4, -0.2) is 32.3 Å². The fourth-order valence-corrected chi connectivity index (χ4v) is 2.60. The van der Waals surface area contributed by atoms with Crippen LogP contribution in [0.1, 0.15) is 15.9 Å². The van der Waals surface area contributed by atoms with Crippen molar-refractivity contribution >= 4 is 23.4 Å². The summed E-state index contributed by atoms with van der Waals surface area (Å²) < 4.78 is 47.6. The highest BCUT2D eigenvalue weighted by atomic mass is 19.4. The van der Waals surface area contributed by atoms with Crippen LogP contribution in [0, 0.1) is 0 Å². The van der Waals surface area contributed by atoms with Gasteiger partial charge >= 0.3 is 6.18 Å². The number of hydrogen-bond donors (Lipinski definition) is 2. The molecule has 3 rings (SSSR count). The SMILES string of the molecule is COc1cc(/C=C/C(F)(F)F)ccc1C(=O)Nc1ccc2c(c1)OCCN2. The van der Waals surface area contributed by atoms with Gasteiger partial charge in [-0.3, -0.25) is 4.79 Å². The number of carbonyl (C=O) groups excluding carboxylic acids is 1. The highest BCUT2D eigenvalue weighted by Gasteiger charge is 2.22. The monoisotopic (exact) mass is 378 g/mol. The van der Waals surface area contributed by atoms with Gasteiger partial charge < -0.3 is 20.1 Å². The van der Waals surface area contributed by atoms with Crippen molar-refractivity contribution in [3.05, 3.63) is 53.6 Å². The molecule has 27 heavy (non-hydrogen) atoms. The maximum Gasteiger partial charge on any atom is 0.409 e. The molecule has 0 aliphatic carbocycles. The average Bonchev–Trinajstić information content (AvgIpc) is 2.65. The van der Waals surface area contributed by atoms with Crippen LogP contribution >= 0.6 is 0 Å². The zero-order valence-electron chi connectivity index (χ0n) is 14.4. The third-order valence-electron chi connectivity index (χ3n) is 3.85. The van der Waals surface area contributed by atoms with Gasteiger partial charge in [-0.2, -0.15) is 13.2 Å². The molecule has 2 aromatic carbocycles. The molecular formula is C19H17F3N2O3. The molecule has 0 saturated carbocycles. The van der Waals surface area contributed by atoms with E-state index in [1.165, 1.54) is 25.3 Å². The molecule has 2 N–H and O–H groups in total. The first kappa shape index (κ1) is 18.6. The molecule has 0 atom stereocenters. The third kappa shape index (κ3) is 4.72. The summed E-state index contributed by atoms with van der Waals surface area (Å²) in [5.74, 6) is 0.369. The second-order valence-electron chi connectivity index (χ2n) is 5.77. The van der Waals surface area contributed by atoms with Crippen LogP contribution in [0.4, 0.5) is 24.5 Å². The minimum atomic E-state index is -4.41. The number of allylic oxidation sites excluding steroid dienone is 1. The highest BCUT2D eigenvalue weighted by molar-refractivity contribution is 6.06. The Balaban J connectivity index is 1.79. The summed E-state index contributed by atoms with van der Waals surface area (Å²) in [6, 6.07) is 9.43. The van der Waals surface area contributed by atoms with Crippen LogP contribution in [0.2, 0.25) is 0 Å². The summed E-state index contributed by atoms with van der Waals surface area (Å²) in [5.41, 5.74) is 1.86. The molecule has 2 aromatic rings. The molecule has 5 nitrogen and oxygen atoms in total. The lowest BCUT2D eigenvalue weighted by Crippen LogP contribution is -2.18. The summed E-state index contributed by atoms with van der Waals surface area (Å²) in [4.78, 5) is 12.5. The number of ether oxygens (including phenoxy) is 2. The first-order valence-corrected chi connectivity index (χ1v) is 8.12. The summed E-state index contributed by atoms with van der Waals surface area (Å²) in [6.45, 7) is 1.25. The molecule has 1 aliphatic heterocycles. The smallest absolute Gasteiger partial charge is 0.409 e. The van der Waals surface area contributed by atoms with Crippen LogP contribution < -0.4 is 20.1 Å². The van der Waals surface area contributed by atoms with Crippen molar-refractivity contribution in [1.29, 1.82) is 0 Å². The number of alkyl halides is 3. The van der Waals surface area contributed by atoms with Gasteiger partial charge in [-0.05, 0) is 35.9 Å². The Labute approximate surface area is 153 Å². The molecule has 0 saturated heterocycles. The van der Waals surface area contributed by atoms with Gasteiger partial charge in [-0.1, -0.05) is 6.07 Å². The summed E-state index contributed by atoms with van der Waals surface area (Å²) >= 11 is 0. The van der Waals surface area contributed by atoms with Crippen molar-refractivity contribution < 1.29 is 27.4 Å². The Morgan fingerprint density at radius 3 is 2.81 bits per heavy atom. The number of benzene rings is 2. The lowest BCUT2D eigenvalue weighted by molar-refractivity contribution is -0.0790. The Morgan fingerprint density at radius 2 is 2.07 bits per heavy atom. The van der Waals surface area contributed by atoms with Gasteiger partial charge in [0.15, 0.2) is 0 Å². The Hall–Kier alpha value is -3.16. The second kappa shape index (κ2) is 7.61. The molecule has 0 radical (unpaired) electrons. The van der Waals surface area contributed by atoms with Gasteiger partial charge in [0.1, 0.15) is 18.1 Å². The first-order valence-electron chi connectivity index (χ1n) is 8.12. The number of carbonyl (C=O) groups is 1. The van der Waals surface area contributed by atoms with E-state index in [0.717, 1.165) is 11.8 Å². The van der Waals surface area contributed by atoms with Crippen molar-refractivity contribution in [2.24, 2.45) is 0 Å². The zero-order valence-corrected chi connectivity index (χ0v) is 14.4. The molecule has 1 aliphatic rings. The number of nitrogens with one attached hydrogen (secondary N) is 2. The Kier molecular flexibility index (Phi) is 5.25. The van der Waals surface area contributed by atoms with Gasteiger partial charge in [0.05, 0.1) is 18.4 Å². The van der Waals surface area contributed by atoms with Crippen LogP contribution in [-0.2, 0) is 0 Å². The average molecular weight is 378 g/mol. The quantitative estimate of drug-likeness (QED) is 0.832. The molecule has 0 unspecified atom stereocenters. The minimum absolute atomic E-state index is 0.128. The number of halogens is 3. The molecule has 1 amide bonds. The van der Waals surface area contributed by atoms with Gasteiger partial charge in [0, 0.05) is 24.4 Å². The predicted molar refractivity (Wildman–Crippen MR) is 96.5 cm³/mol. The van der Waals surface area contributed by atoms with E-state index in [4.69, 9.17) is 9.47 Å². The fourth-order valence-electron chi connectivity index (χ4n) is 2.60. The summed E-state index contributed by atoms with van der Waals surface area (Å²) in [7, 11) is 1.35. The maximum atomic E-state index is 12.5. The van der Waals surface area contributed by atoms with Gasteiger partial charge in [0.25, 0.3) is 5.91 Å². The third-order valence-corrected chi connectivity index (χ3v) is 3.85. The Bertz CT molecular complexity index is 879. The molecule has 0 fully saturated rings. The van der Waals surface area contributed by atoms with Crippen LogP contribution in [0.25, 0.3) is 6.08 Å². The van der Waals surface area contributed by atoms with Crippen molar-refractivity contribution in [1.82, 2.24) is 0 Å². The first-order chi connectivity index (χ1) is 12.9. The predicted octanol–water partition coefficient (Wildman–Crippen LogP) is 4.33. The molecule has 1 heterocycles. The number of fused-ring (bicyclic) bond motifs is 1.